The summed E-state index contributed by atoms with van der Waals surface area (Å²) in [4.78, 5) is 12.3. The number of hydrogen-bond acceptors (Lipinski definition) is 3. The fraction of sp³-hybridized carbons (Fsp3) is 0.444. The Labute approximate surface area is 94.1 Å². The molecule has 0 unspecified atom stereocenters. The summed E-state index contributed by atoms with van der Waals surface area (Å²) in [6.45, 7) is 6.14. The highest BCUT2D eigenvalue weighted by Crippen LogP contribution is 2.31. The van der Waals surface area contributed by atoms with Crippen LogP contribution >= 0.6 is 23.7 Å². The van der Waals surface area contributed by atoms with Crippen molar-refractivity contribution < 1.29 is 4.79 Å². The molecular formula is C9H15ClN2OS. The number of carbonyl (C=O) groups excluding carboxylic acids is 1. The molecule has 0 aliphatic rings. The molecule has 14 heavy (non-hydrogen) atoms. The van der Waals surface area contributed by atoms with Crippen LogP contribution in [0, 0.1) is 20.8 Å². The maximum Gasteiger partial charge on any atom is 0.238 e. The number of hydrogen-bond donors (Lipinski definition) is 2. The molecule has 3 nitrogen and oxygen atoms in total. The maximum atomic E-state index is 11.0. The largest absolute Gasteiger partial charge is 0.322 e. The van der Waals surface area contributed by atoms with Gasteiger partial charge in [0.15, 0.2) is 0 Å². The molecule has 0 radical (unpaired) electrons. The van der Waals surface area contributed by atoms with Crippen LogP contribution in [0.5, 0.6) is 0 Å². The Hall–Kier alpha value is -0.580. The van der Waals surface area contributed by atoms with E-state index in [1.165, 1.54) is 10.4 Å². The van der Waals surface area contributed by atoms with Crippen molar-refractivity contribution in [1.29, 1.82) is 0 Å². The van der Waals surface area contributed by atoms with Crippen molar-refractivity contribution >= 4 is 34.7 Å². The molecule has 0 bridgehead atoms. The lowest BCUT2D eigenvalue weighted by molar-refractivity contribution is -0.114. The third-order valence-corrected chi connectivity index (χ3v) is 3.35. The molecular weight excluding hydrogens is 220 g/mol. The predicted molar refractivity (Wildman–Crippen MR) is 63.5 cm³/mol. The zero-order valence-electron chi connectivity index (χ0n) is 8.51. The molecule has 0 saturated heterocycles. The molecule has 1 amide bonds. The zero-order valence-corrected chi connectivity index (χ0v) is 10.1. The number of carbonyl (C=O) groups is 1. The number of thiophene rings is 1. The summed E-state index contributed by atoms with van der Waals surface area (Å²) in [5.41, 5.74) is 7.60. The van der Waals surface area contributed by atoms with Crippen molar-refractivity contribution in [3.05, 3.63) is 16.0 Å². The minimum Gasteiger partial charge on any atom is -0.322 e. The highest BCUT2D eigenvalue weighted by atomic mass is 35.5. The normalized spacial score (nSPS) is 9.43. The van der Waals surface area contributed by atoms with Gasteiger partial charge in [0.05, 0.1) is 11.5 Å². The molecule has 0 spiro atoms. The second-order valence-electron chi connectivity index (χ2n) is 2.99. The minimum atomic E-state index is -0.135. The van der Waals surface area contributed by atoms with Crippen LogP contribution in [0.1, 0.15) is 16.0 Å². The van der Waals surface area contributed by atoms with Gasteiger partial charge >= 0.3 is 0 Å². The number of amides is 1. The minimum absolute atomic E-state index is 0. The van der Waals surface area contributed by atoms with E-state index >= 15 is 0 Å². The summed E-state index contributed by atoms with van der Waals surface area (Å²) in [5, 5.41) is 3.70. The van der Waals surface area contributed by atoms with Crippen LogP contribution < -0.4 is 11.1 Å². The van der Waals surface area contributed by atoms with E-state index < -0.39 is 0 Å². The van der Waals surface area contributed by atoms with Crippen molar-refractivity contribution in [2.45, 2.75) is 20.8 Å². The van der Waals surface area contributed by atoms with Gasteiger partial charge in [-0.05, 0) is 31.9 Å². The SMILES string of the molecule is Cc1sc(NC(=O)CN)c(C)c1C.Cl. The second kappa shape index (κ2) is 5.34. The first-order chi connectivity index (χ1) is 6.06. The van der Waals surface area contributed by atoms with Gasteiger partial charge < -0.3 is 11.1 Å². The molecule has 1 rings (SSSR count). The molecule has 0 fully saturated rings. The van der Waals surface area contributed by atoms with E-state index in [1.54, 1.807) is 11.3 Å². The predicted octanol–water partition coefficient (Wildman–Crippen LogP) is 1.99. The molecule has 5 heteroatoms. The highest BCUT2D eigenvalue weighted by Gasteiger charge is 2.09. The molecule has 1 heterocycles. The van der Waals surface area contributed by atoms with E-state index in [-0.39, 0.29) is 24.9 Å². The van der Waals surface area contributed by atoms with Crippen LogP contribution in [0.25, 0.3) is 0 Å². The number of halogens is 1. The Bertz CT molecular complexity index is 336. The van der Waals surface area contributed by atoms with Gasteiger partial charge in [0.2, 0.25) is 5.91 Å². The van der Waals surface area contributed by atoms with Crippen LogP contribution in [0.3, 0.4) is 0 Å². The summed E-state index contributed by atoms with van der Waals surface area (Å²) in [5.74, 6) is -0.135. The van der Waals surface area contributed by atoms with Gasteiger partial charge in [0.25, 0.3) is 0 Å². The molecule has 80 valence electrons. The molecule has 1 aromatic heterocycles. The van der Waals surface area contributed by atoms with E-state index in [9.17, 15) is 4.79 Å². The van der Waals surface area contributed by atoms with Crippen molar-refractivity contribution in [3.63, 3.8) is 0 Å². The number of nitrogens with one attached hydrogen (secondary N) is 1. The van der Waals surface area contributed by atoms with Gasteiger partial charge in [-0.15, -0.1) is 23.7 Å². The van der Waals surface area contributed by atoms with Crippen LogP contribution in [-0.2, 0) is 4.79 Å². The van der Waals surface area contributed by atoms with Crippen molar-refractivity contribution in [2.24, 2.45) is 5.73 Å². The average molecular weight is 235 g/mol. The zero-order chi connectivity index (χ0) is 10.0. The first kappa shape index (κ1) is 13.4. The van der Waals surface area contributed by atoms with Gasteiger partial charge in [0.1, 0.15) is 0 Å². The summed E-state index contributed by atoms with van der Waals surface area (Å²) in [6, 6.07) is 0. The molecule has 3 N–H and O–H groups in total. The lowest BCUT2D eigenvalue weighted by Gasteiger charge is -2.00. The fourth-order valence-corrected chi connectivity index (χ4v) is 2.12. The fourth-order valence-electron chi connectivity index (χ4n) is 1.04. The maximum absolute atomic E-state index is 11.0. The molecule has 0 aliphatic heterocycles. The Morgan fingerprint density at radius 2 is 1.93 bits per heavy atom. The van der Waals surface area contributed by atoms with E-state index in [0.29, 0.717) is 0 Å². The van der Waals surface area contributed by atoms with Crippen LogP contribution in [0.2, 0.25) is 0 Å². The first-order valence-electron chi connectivity index (χ1n) is 4.12. The Kier molecular flexibility index (Phi) is 5.12. The standard InChI is InChI=1S/C9H14N2OS.ClH/c1-5-6(2)9(13-7(5)3)11-8(12)4-10;/h4,10H2,1-3H3,(H,11,12);1H. The Morgan fingerprint density at radius 3 is 2.29 bits per heavy atom. The van der Waals surface area contributed by atoms with E-state index in [4.69, 9.17) is 5.73 Å². The third-order valence-electron chi connectivity index (χ3n) is 2.12. The average Bonchev–Trinajstić information content (AvgIpc) is 2.34. The van der Waals surface area contributed by atoms with E-state index in [0.717, 1.165) is 10.6 Å². The number of rotatable bonds is 2. The first-order valence-corrected chi connectivity index (χ1v) is 4.94. The molecule has 0 saturated carbocycles. The van der Waals surface area contributed by atoms with Gasteiger partial charge in [-0.2, -0.15) is 0 Å². The summed E-state index contributed by atoms with van der Waals surface area (Å²) < 4.78 is 0. The van der Waals surface area contributed by atoms with Crippen molar-refractivity contribution in [3.8, 4) is 0 Å². The van der Waals surface area contributed by atoms with Gasteiger partial charge in [-0.1, -0.05) is 0 Å². The third kappa shape index (κ3) is 2.70. The molecule has 1 aromatic rings. The van der Waals surface area contributed by atoms with Crippen LogP contribution in [-0.4, -0.2) is 12.5 Å². The lowest BCUT2D eigenvalue weighted by atomic mass is 10.2. The monoisotopic (exact) mass is 234 g/mol. The number of anilines is 1. The van der Waals surface area contributed by atoms with Crippen molar-refractivity contribution in [2.75, 3.05) is 11.9 Å². The van der Waals surface area contributed by atoms with Gasteiger partial charge in [-0.25, -0.2) is 0 Å². The highest BCUT2D eigenvalue weighted by molar-refractivity contribution is 7.16. The second-order valence-corrected chi connectivity index (χ2v) is 4.21. The summed E-state index contributed by atoms with van der Waals surface area (Å²) in [7, 11) is 0. The Morgan fingerprint density at radius 1 is 1.36 bits per heavy atom. The van der Waals surface area contributed by atoms with Crippen molar-refractivity contribution in [1.82, 2.24) is 0 Å². The van der Waals surface area contributed by atoms with E-state index in [2.05, 4.69) is 12.2 Å². The van der Waals surface area contributed by atoms with E-state index in [1.807, 2.05) is 13.8 Å². The number of nitrogens with two attached hydrogens (primary N) is 1. The quantitative estimate of drug-likeness (QED) is 0.823. The van der Waals surface area contributed by atoms with Crippen LogP contribution in [0.15, 0.2) is 0 Å². The molecule has 0 aromatic carbocycles. The topological polar surface area (TPSA) is 55.1 Å². The van der Waals surface area contributed by atoms with Crippen LogP contribution in [0.4, 0.5) is 5.00 Å². The molecule has 0 atom stereocenters. The van der Waals surface area contributed by atoms with Gasteiger partial charge in [-0.3, -0.25) is 4.79 Å². The Balaban J connectivity index is 0.00000169. The smallest absolute Gasteiger partial charge is 0.238 e. The lowest BCUT2D eigenvalue weighted by Crippen LogP contribution is -2.21. The number of aryl methyl sites for hydroxylation is 1. The van der Waals surface area contributed by atoms with Gasteiger partial charge in [0, 0.05) is 4.88 Å². The molecule has 0 aliphatic carbocycles. The summed E-state index contributed by atoms with van der Waals surface area (Å²) >= 11 is 1.60. The summed E-state index contributed by atoms with van der Waals surface area (Å²) in [6.07, 6.45) is 0.